The SMILES string of the molecule is C=CC=O.COCCCCN=[N+]=[N-]. The van der Waals surface area contributed by atoms with Crippen molar-refractivity contribution in [1.82, 2.24) is 0 Å². The van der Waals surface area contributed by atoms with Crippen molar-refractivity contribution >= 4 is 6.29 Å². The van der Waals surface area contributed by atoms with Crippen molar-refractivity contribution < 1.29 is 9.53 Å². The Bertz CT molecular complexity index is 159. The molecule has 0 aliphatic carbocycles. The van der Waals surface area contributed by atoms with E-state index in [0.29, 0.717) is 12.8 Å². The van der Waals surface area contributed by atoms with Crippen LogP contribution in [0.15, 0.2) is 17.8 Å². The summed E-state index contributed by atoms with van der Waals surface area (Å²) in [5, 5.41) is 3.37. The molecule has 0 unspecified atom stereocenters. The molecule has 0 aliphatic heterocycles. The van der Waals surface area contributed by atoms with E-state index < -0.39 is 0 Å². The summed E-state index contributed by atoms with van der Waals surface area (Å²) in [6.45, 7) is 4.45. The topological polar surface area (TPSA) is 75.1 Å². The van der Waals surface area contributed by atoms with Gasteiger partial charge in [-0.1, -0.05) is 11.7 Å². The molecule has 0 aromatic carbocycles. The Kier molecular flexibility index (Phi) is 18.6. The van der Waals surface area contributed by atoms with Crippen molar-refractivity contribution in [3.05, 3.63) is 23.1 Å². The molecule has 0 spiro atoms. The van der Waals surface area contributed by atoms with Crippen LogP contribution in [0.1, 0.15) is 12.8 Å². The second kappa shape index (κ2) is 17.0. The molecule has 0 heterocycles. The second-order valence-electron chi connectivity index (χ2n) is 2.03. The quantitative estimate of drug-likeness (QED) is 0.159. The molecule has 0 aliphatic rings. The van der Waals surface area contributed by atoms with Crippen LogP contribution < -0.4 is 0 Å². The fourth-order valence-corrected chi connectivity index (χ4v) is 0.474. The van der Waals surface area contributed by atoms with E-state index in [-0.39, 0.29) is 0 Å². The van der Waals surface area contributed by atoms with Crippen LogP contribution in [0.3, 0.4) is 0 Å². The van der Waals surface area contributed by atoms with Crippen molar-refractivity contribution in [3.8, 4) is 0 Å². The number of ether oxygens (including phenoxy) is 1. The summed E-state index contributed by atoms with van der Waals surface area (Å²) in [7, 11) is 1.66. The Morgan fingerprint density at radius 2 is 2.23 bits per heavy atom. The second-order valence-corrected chi connectivity index (χ2v) is 2.03. The molecule has 0 aromatic heterocycles. The number of carbonyl (C=O) groups is 1. The van der Waals surface area contributed by atoms with Crippen LogP contribution in [-0.4, -0.2) is 26.5 Å². The van der Waals surface area contributed by atoms with E-state index in [0.717, 1.165) is 19.4 Å². The third-order valence-electron chi connectivity index (χ3n) is 1.02. The van der Waals surface area contributed by atoms with E-state index >= 15 is 0 Å². The Morgan fingerprint density at radius 1 is 1.62 bits per heavy atom. The van der Waals surface area contributed by atoms with E-state index in [1.165, 1.54) is 6.08 Å². The van der Waals surface area contributed by atoms with Crippen LogP contribution in [-0.2, 0) is 9.53 Å². The lowest BCUT2D eigenvalue weighted by atomic mass is 10.3. The number of unbranched alkanes of at least 4 members (excludes halogenated alkanes) is 1. The summed E-state index contributed by atoms with van der Waals surface area (Å²) in [6.07, 6.45) is 3.72. The highest BCUT2D eigenvalue weighted by Crippen LogP contribution is 1.88. The van der Waals surface area contributed by atoms with Crippen LogP contribution in [0, 0.1) is 0 Å². The van der Waals surface area contributed by atoms with Crippen molar-refractivity contribution in [2.24, 2.45) is 5.11 Å². The van der Waals surface area contributed by atoms with Gasteiger partial charge in [-0.05, 0) is 24.4 Å². The highest BCUT2D eigenvalue weighted by Gasteiger charge is 1.82. The highest BCUT2D eigenvalue weighted by atomic mass is 16.5. The Balaban J connectivity index is 0. The van der Waals surface area contributed by atoms with Gasteiger partial charge in [0, 0.05) is 25.2 Å². The van der Waals surface area contributed by atoms with Gasteiger partial charge in [-0.2, -0.15) is 0 Å². The molecule has 0 fully saturated rings. The number of carbonyl (C=O) groups excluding carboxylic acids is 1. The minimum absolute atomic E-state index is 0.583. The summed E-state index contributed by atoms with van der Waals surface area (Å²) in [6, 6.07) is 0. The van der Waals surface area contributed by atoms with Gasteiger partial charge in [0.05, 0.1) is 0 Å². The molecule has 0 amide bonds. The fraction of sp³-hybridized carbons (Fsp3) is 0.625. The zero-order valence-electron chi connectivity index (χ0n) is 7.85. The van der Waals surface area contributed by atoms with Gasteiger partial charge in [0.15, 0.2) is 0 Å². The average Bonchev–Trinajstić information content (AvgIpc) is 2.18. The molecule has 5 nitrogen and oxygen atoms in total. The first kappa shape index (κ1) is 14.2. The number of allylic oxidation sites excluding steroid dienone is 1. The normalized spacial score (nSPS) is 7.46. The van der Waals surface area contributed by atoms with Crippen molar-refractivity contribution in [2.45, 2.75) is 12.8 Å². The van der Waals surface area contributed by atoms with Gasteiger partial charge in [-0.15, -0.1) is 0 Å². The third-order valence-corrected chi connectivity index (χ3v) is 1.02. The molecule has 0 rings (SSSR count). The smallest absolute Gasteiger partial charge is 0.142 e. The maximum atomic E-state index is 9.06. The minimum atomic E-state index is 0.583. The lowest BCUT2D eigenvalue weighted by molar-refractivity contribution is -0.104. The first-order chi connectivity index (χ1) is 6.33. The molecule has 0 aromatic rings. The number of rotatable bonds is 6. The number of methoxy groups -OCH3 is 1. The number of aldehydes is 1. The summed E-state index contributed by atoms with van der Waals surface area (Å²) >= 11 is 0. The van der Waals surface area contributed by atoms with Gasteiger partial charge < -0.3 is 4.74 Å². The predicted molar refractivity (Wildman–Crippen MR) is 51.4 cm³/mol. The van der Waals surface area contributed by atoms with Crippen molar-refractivity contribution in [1.29, 1.82) is 0 Å². The molecule has 0 atom stereocenters. The van der Waals surface area contributed by atoms with E-state index in [9.17, 15) is 0 Å². The van der Waals surface area contributed by atoms with Crippen molar-refractivity contribution in [2.75, 3.05) is 20.3 Å². The minimum Gasteiger partial charge on any atom is -0.385 e. The lowest BCUT2D eigenvalue weighted by Crippen LogP contribution is -1.88. The summed E-state index contributed by atoms with van der Waals surface area (Å²) < 4.78 is 4.79. The number of hydrogen-bond acceptors (Lipinski definition) is 3. The number of azide groups is 1. The Morgan fingerprint density at radius 3 is 2.62 bits per heavy atom. The average molecular weight is 185 g/mol. The Hall–Kier alpha value is -1.32. The standard InChI is InChI=1S/C5H11N3O.C3H4O/c1-9-5-3-2-4-7-8-6;1-2-3-4/h2-5H2,1H3;2-3H,1H2. The predicted octanol–water partition coefficient (Wildman–Crippen LogP) is 2.09. The van der Waals surface area contributed by atoms with E-state index in [1.54, 1.807) is 7.11 Å². The summed E-state index contributed by atoms with van der Waals surface area (Å²) in [5.74, 6) is 0. The zero-order valence-corrected chi connectivity index (χ0v) is 7.85. The monoisotopic (exact) mass is 185 g/mol. The molecule has 0 saturated carbocycles. The van der Waals surface area contributed by atoms with Crippen molar-refractivity contribution in [3.63, 3.8) is 0 Å². The van der Waals surface area contributed by atoms with E-state index in [1.807, 2.05) is 0 Å². The highest BCUT2D eigenvalue weighted by molar-refractivity contribution is 5.63. The molecular formula is C8H15N3O2. The lowest BCUT2D eigenvalue weighted by Gasteiger charge is -1.93. The van der Waals surface area contributed by atoms with Gasteiger partial charge in [0.2, 0.25) is 0 Å². The van der Waals surface area contributed by atoms with Crippen LogP contribution >= 0.6 is 0 Å². The first-order valence-electron chi connectivity index (χ1n) is 3.89. The van der Waals surface area contributed by atoms with Gasteiger partial charge in [-0.3, -0.25) is 4.79 Å². The fourth-order valence-electron chi connectivity index (χ4n) is 0.474. The molecule has 13 heavy (non-hydrogen) atoms. The van der Waals surface area contributed by atoms with Gasteiger partial charge in [0.25, 0.3) is 0 Å². The molecule has 5 heteroatoms. The van der Waals surface area contributed by atoms with Crippen LogP contribution in [0.5, 0.6) is 0 Å². The maximum absolute atomic E-state index is 9.06. The van der Waals surface area contributed by atoms with E-state index in [2.05, 4.69) is 16.6 Å². The number of nitrogens with zero attached hydrogens (tertiary/aromatic N) is 3. The van der Waals surface area contributed by atoms with Crippen LogP contribution in [0.2, 0.25) is 0 Å². The Labute approximate surface area is 78.0 Å². The largest absolute Gasteiger partial charge is 0.385 e. The molecule has 0 bridgehead atoms. The summed E-state index contributed by atoms with van der Waals surface area (Å²) in [4.78, 5) is 11.7. The van der Waals surface area contributed by atoms with Gasteiger partial charge in [0.1, 0.15) is 6.29 Å². The maximum Gasteiger partial charge on any atom is 0.142 e. The molecule has 74 valence electrons. The van der Waals surface area contributed by atoms with Crippen LogP contribution in [0.25, 0.3) is 10.4 Å². The zero-order chi connectivity index (χ0) is 10.4. The van der Waals surface area contributed by atoms with E-state index in [4.69, 9.17) is 15.1 Å². The third kappa shape index (κ3) is 24.9. The van der Waals surface area contributed by atoms with Gasteiger partial charge >= 0.3 is 0 Å². The van der Waals surface area contributed by atoms with Gasteiger partial charge in [-0.25, -0.2) is 0 Å². The molecule has 0 saturated heterocycles. The molecular weight excluding hydrogens is 170 g/mol. The first-order valence-corrected chi connectivity index (χ1v) is 3.89. The number of hydrogen-bond donors (Lipinski definition) is 0. The molecule has 0 N–H and O–H groups in total. The van der Waals surface area contributed by atoms with Crippen LogP contribution in [0.4, 0.5) is 0 Å². The molecule has 0 radical (unpaired) electrons. The summed E-state index contributed by atoms with van der Waals surface area (Å²) in [5.41, 5.74) is 7.85.